The molecular weight excluding hydrogens is 384 g/mol. The largest absolute Gasteiger partial charge is 0.464 e. The molecule has 2 rings (SSSR count). The van der Waals surface area contributed by atoms with Crippen LogP contribution in [0, 0.1) is 0 Å². The van der Waals surface area contributed by atoms with Crippen molar-refractivity contribution in [1.82, 2.24) is 0 Å². The van der Waals surface area contributed by atoms with Gasteiger partial charge in [0.1, 0.15) is 0 Å². The molecule has 0 aliphatic rings. The smallest absolute Gasteiger partial charge is 0.362 e. The molecule has 0 unspecified atom stereocenters. The van der Waals surface area contributed by atoms with Crippen molar-refractivity contribution in [2.24, 2.45) is 5.10 Å². The Morgan fingerprint density at radius 3 is 2.15 bits per heavy atom. The molecule has 2 aromatic carbocycles. The summed E-state index contributed by atoms with van der Waals surface area (Å²) in [6, 6.07) is 10.7. The molecule has 136 valence electrons. The van der Waals surface area contributed by atoms with E-state index in [-0.39, 0.29) is 16.1 Å². The monoisotopic (exact) mass is 396 g/mol. The highest BCUT2D eigenvalue weighted by Gasteiger charge is 2.23. The van der Waals surface area contributed by atoms with E-state index in [0.29, 0.717) is 5.02 Å². The maximum absolute atomic E-state index is 12.4. The molecule has 10 heteroatoms. The van der Waals surface area contributed by atoms with Gasteiger partial charge in [-0.25, -0.2) is 4.79 Å². The quantitative estimate of drug-likeness (QED) is 0.192. The third kappa shape index (κ3) is 4.88. The number of methoxy groups -OCH3 is 1. The zero-order valence-electron chi connectivity index (χ0n) is 13.3. The number of halogens is 1. The lowest BCUT2D eigenvalue weighted by molar-refractivity contribution is -0.132. The van der Waals surface area contributed by atoms with Gasteiger partial charge in [0.2, 0.25) is 11.5 Å². The number of ketones is 1. The third-order valence-corrected chi connectivity index (χ3v) is 4.27. The number of benzene rings is 2. The van der Waals surface area contributed by atoms with Gasteiger partial charge >= 0.3 is 5.97 Å². The molecule has 0 bridgehead atoms. The molecule has 2 aromatic rings. The van der Waals surface area contributed by atoms with Crippen LogP contribution in [0.25, 0.3) is 0 Å². The van der Waals surface area contributed by atoms with Crippen LogP contribution in [0.3, 0.4) is 0 Å². The summed E-state index contributed by atoms with van der Waals surface area (Å²) in [7, 11) is -3.22. The van der Waals surface area contributed by atoms with E-state index in [9.17, 15) is 18.0 Å². The van der Waals surface area contributed by atoms with Crippen LogP contribution < -0.4 is 5.43 Å². The second-order valence-corrected chi connectivity index (χ2v) is 6.76. The average molecular weight is 397 g/mol. The van der Waals surface area contributed by atoms with E-state index in [4.69, 9.17) is 16.2 Å². The standard InChI is InChI=1S/C16H13ClN2O6S/c1-25-16(21)14(15(20)10-2-4-11(17)5-3-10)19-18-12-6-8-13(9-7-12)26(22,23)24/h2-9,18H,1H3,(H,22,23,24). The predicted molar refractivity (Wildman–Crippen MR) is 95.1 cm³/mol. The number of hydrazone groups is 1. The van der Waals surface area contributed by atoms with Gasteiger partial charge in [0, 0.05) is 10.6 Å². The SMILES string of the molecule is COC(=O)C(=NNc1ccc(S(=O)(=O)O)cc1)C(=O)c1ccc(Cl)cc1. The van der Waals surface area contributed by atoms with Gasteiger partial charge in [-0.05, 0) is 48.5 Å². The topological polar surface area (TPSA) is 122 Å². The van der Waals surface area contributed by atoms with Crippen molar-refractivity contribution >= 4 is 44.9 Å². The van der Waals surface area contributed by atoms with Crippen LogP contribution in [0.5, 0.6) is 0 Å². The van der Waals surface area contributed by atoms with E-state index < -0.39 is 27.6 Å². The third-order valence-electron chi connectivity index (χ3n) is 3.15. The number of rotatable bonds is 6. The van der Waals surface area contributed by atoms with Gasteiger partial charge in [0.15, 0.2) is 0 Å². The minimum atomic E-state index is -4.32. The number of esters is 1. The maximum atomic E-state index is 12.4. The maximum Gasteiger partial charge on any atom is 0.362 e. The molecule has 8 nitrogen and oxygen atoms in total. The summed E-state index contributed by atoms with van der Waals surface area (Å²) in [5, 5.41) is 4.18. The lowest BCUT2D eigenvalue weighted by Crippen LogP contribution is -2.26. The van der Waals surface area contributed by atoms with Gasteiger partial charge in [0.05, 0.1) is 17.7 Å². The number of carbonyl (C=O) groups is 2. The fourth-order valence-corrected chi connectivity index (χ4v) is 2.45. The summed E-state index contributed by atoms with van der Waals surface area (Å²) in [5.41, 5.74) is 2.42. The van der Waals surface area contributed by atoms with Crippen LogP contribution in [-0.2, 0) is 19.6 Å². The van der Waals surface area contributed by atoms with Crippen molar-refractivity contribution in [3.8, 4) is 0 Å². The Morgan fingerprint density at radius 1 is 1.08 bits per heavy atom. The highest BCUT2D eigenvalue weighted by atomic mass is 35.5. The lowest BCUT2D eigenvalue weighted by Gasteiger charge is -2.06. The van der Waals surface area contributed by atoms with E-state index in [1.807, 2.05) is 0 Å². The zero-order valence-corrected chi connectivity index (χ0v) is 14.9. The van der Waals surface area contributed by atoms with Crippen molar-refractivity contribution in [3.05, 3.63) is 59.1 Å². The number of carbonyl (C=O) groups excluding carboxylic acids is 2. The molecular formula is C16H13ClN2O6S. The van der Waals surface area contributed by atoms with Crippen molar-refractivity contribution in [1.29, 1.82) is 0 Å². The van der Waals surface area contributed by atoms with Crippen LogP contribution in [0.4, 0.5) is 5.69 Å². The first-order valence-corrected chi connectivity index (χ1v) is 8.84. The summed E-state index contributed by atoms with van der Waals surface area (Å²) in [6.07, 6.45) is 0. The number of Topliss-reactive ketones (excluding diaryl/α,β-unsaturated/α-hetero) is 1. The van der Waals surface area contributed by atoms with Crippen molar-refractivity contribution < 1.29 is 27.3 Å². The fourth-order valence-electron chi connectivity index (χ4n) is 1.85. The van der Waals surface area contributed by atoms with Gasteiger partial charge in [-0.15, -0.1) is 0 Å². The second kappa shape index (κ2) is 8.09. The molecule has 0 aromatic heterocycles. The van der Waals surface area contributed by atoms with Gasteiger partial charge in [-0.2, -0.15) is 13.5 Å². The van der Waals surface area contributed by atoms with E-state index in [2.05, 4.69) is 15.3 Å². The second-order valence-electron chi connectivity index (χ2n) is 4.90. The Bertz CT molecular complexity index is 953. The molecule has 0 aliphatic carbocycles. The summed E-state index contributed by atoms with van der Waals surface area (Å²) in [6.45, 7) is 0. The van der Waals surface area contributed by atoms with Crippen molar-refractivity contribution in [3.63, 3.8) is 0 Å². The van der Waals surface area contributed by atoms with Gasteiger partial charge in [-0.1, -0.05) is 11.6 Å². The summed E-state index contributed by atoms with van der Waals surface area (Å²) in [5.74, 6) is -1.64. The number of nitrogens with one attached hydrogen (secondary N) is 1. The summed E-state index contributed by atoms with van der Waals surface area (Å²) < 4.78 is 35.5. The molecule has 0 saturated carbocycles. The number of hydrogen-bond acceptors (Lipinski definition) is 7. The lowest BCUT2D eigenvalue weighted by atomic mass is 10.1. The van der Waals surface area contributed by atoms with Gasteiger partial charge in [-0.3, -0.25) is 14.8 Å². The van der Waals surface area contributed by atoms with E-state index in [1.165, 1.54) is 36.4 Å². The number of hydrogen-bond donors (Lipinski definition) is 2. The molecule has 0 aliphatic heterocycles. The summed E-state index contributed by atoms with van der Waals surface area (Å²) in [4.78, 5) is 24.0. The first-order valence-electron chi connectivity index (χ1n) is 7.02. The van der Waals surface area contributed by atoms with E-state index in [1.54, 1.807) is 0 Å². The predicted octanol–water partition coefficient (Wildman–Crippen LogP) is 2.41. The molecule has 0 amide bonds. The first kappa shape index (κ1) is 19.6. The van der Waals surface area contributed by atoms with Crippen molar-refractivity contribution in [2.75, 3.05) is 12.5 Å². The Hall–Kier alpha value is -2.75. The minimum absolute atomic E-state index is 0.182. The Labute approximate surface area is 154 Å². The summed E-state index contributed by atoms with van der Waals surface area (Å²) >= 11 is 5.77. The van der Waals surface area contributed by atoms with E-state index >= 15 is 0 Å². The van der Waals surface area contributed by atoms with Crippen LogP contribution in [0.1, 0.15) is 10.4 Å². The molecule has 0 atom stereocenters. The molecule has 0 fully saturated rings. The Morgan fingerprint density at radius 2 is 1.65 bits per heavy atom. The minimum Gasteiger partial charge on any atom is -0.464 e. The Balaban J connectivity index is 2.28. The van der Waals surface area contributed by atoms with Crippen LogP contribution in [0.15, 0.2) is 58.5 Å². The molecule has 0 heterocycles. The fraction of sp³-hybridized carbons (Fsp3) is 0.0625. The van der Waals surface area contributed by atoms with Crippen LogP contribution in [-0.4, -0.2) is 37.5 Å². The van der Waals surface area contributed by atoms with Gasteiger partial charge < -0.3 is 4.74 Å². The van der Waals surface area contributed by atoms with Crippen LogP contribution >= 0.6 is 11.6 Å². The van der Waals surface area contributed by atoms with E-state index in [0.717, 1.165) is 19.2 Å². The van der Waals surface area contributed by atoms with Gasteiger partial charge in [0.25, 0.3) is 10.1 Å². The molecule has 26 heavy (non-hydrogen) atoms. The van der Waals surface area contributed by atoms with Crippen LogP contribution in [0.2, 0.25) is 5.02 Å². The number of anilines is 1. The normalized spacial score (nSPS) is 11.7. The average Bonchev–Trinajstić information content (AvgIpc) is 2.61. The Kier molecular flexibility index (Phi) is 6.09. The molecule has 0 spiro atoms. The highest BCUT2D eigenvalue weighted by Crippen LogP contribution is 2.14. The first-order chi connectivity index (χ1) is 12.2. The molecule has 0 saturated heterocycles. The molecule has 2 N–H and O–H groups in total. The molecule has 0 radical (unpaired) electrons. The number of nitrogens with zero attached hydrogens (tertiary/aromatic N) is 1. The highest BCUT2D eigenvalue weighted by molar-refractivity contribution is 7.85. The number of ether oxygens (including phenoxy) is 1. The van der Waals surface area contributed by atoms with Crippen molar-refractivity contribution in [2.45, 2.75) is 4.90 Å². The zero-order chi connectivity index (χ0) is 19.3.